The van der Waals surface area contributed by atoms with Crippen LogP contribution in [0.5, 0.6) is 0 Å². The van der Waals surface area contributed by atoms with Crippen molar-refractivity contribution in [3.8, 4) is 0 Å². The lowest BCUT2D eigenvalue weighted by molar-refractivity contribution is 0.0583. The molecule has 2 fully saturated rings. The SMILES string of the molecule is O=C1c2cccc3cccc(c23)C(=O)N1CCN1CCN(C(=S)NC2CCCCCC2)CC1. The van der Waals surface area contributed by atoms with Gasteiger partial charge in [-0.1, -0.05) is 49.9 Å². The summed E-state index contributed by atoms with van der Waals surface area (Å²) in [5, 5.41) is 6.21. The summed E-state index contributed by atoms with van der Waals surface area (Å²) in [7, 11) is 0. The number of rotatable bonds is 4. The van der Waals surface area contributed by atoms with Gasteiger partial charge in [0.05, 0.1) is 0 Å². The highest BCUT2D eigenvalue weighted by Crippen LogP contribution is 2.29. The van der Waals surface area contributed by atoms with Crippen molar-refractivity contribution in [2.45, 2.75) is 44.6 Å². The number of carbonyl (C=O) groups excluding carboxylic acids is 2. The fourth-order valence-electron chi connectivity index (χ4n) is 5.39. The summed E-state index contributed by atoms with van der Waals surface area (Å²) < 4.78 is 0. The second-order valence-corrected chi connectivity index (χ2v) is 9.82. The van der Waals surface area contributed by atoms with Gasteiger partial charge in [0.2, 0.25) is 0 Å². The molecular weight excluding hydrogens is 432 g/mol. The Morgan fingerprint density at radius 2 is 1.45 bits per heavy atom. The van der Waals surface area contributed by atoms with Gasteiger partial charge in [0.15, 0.2) is 5.11 Å². The summed E-state index contributed by atoms with van der Waals surface area (Å²) in [6, 6.07) is 11.8. The predicted octanol–water partition coefficient (Wildman–Crippen LogP) is 3.65. The monoisotopic (exact) mass is 464 g/mol. The van der Waals surface area contributed by atoms with E-state index >= 15 is 0 Å². The number of hydrogen-bond donors (Lipinski definition) is 1. The highest BCUT2D eigenvalue weighted by Gasteiger charge is 2.33. The molecule has 0 spiro atoms. The van der Waals surface area contributed by atoms with E-state index in [2.05, 4.69) is 15.1 Å². The Kier molecular flexibility index (Phi) is 6.60. The van der Waals surface area contributed by atoms with Crippen molar-refractivity contribution in [2.75, 3.05) is 39.3 Å². The van der Waals surface area contributed by atoms with Crippen LogP contribution in [-0.4, -0.2) is 76.9 Å². The van der Waals surface area contributed by atoms with Crippen LogP contribution in [0.3, 0.4) is 0 Å². The van der Waals surface area contributed by atoms with Crippen LogP contribution in [0, 0.1) is 0 Å². The topological polar surface area (TPSA) is 55.9 Å². The van der Waals surface area contributed by atoms with Crippen molar-refractivity contribution < 1.29 is 9.59 Å². The Bertz CT molecular complexity index is 1000. The first kappa shape index (κ1) is 22.3. The number of nitrogens with one attached hydrogen (secondary N) is 1. The number of hydrogen-bond acceptors (Lipinski definition) is 4. The van der Waals surface area contributed by atoms with Crippen molar-refractivity contribution in [3.05, 3.63) is 47.5 Å². The maximum Gasteiger partial charge on any atom is 0.261 e. The van der Waals surface area contributed by atoms with E-state index in [4.69, 9.17) is 12.2 Å². The quantitative estimate of drug-likeness (QED) is 0.424. The first-order chi connectivity index (χ1) is 16.1. The number of amides is 2. The lowest BCUT2D eigenvalue weighted by atomic mass is 9.94. The number of nitrogens with zero attached hydrogens (tertiary/aromatic N) is 3. The third kappa shape index (κ3) is 4.62. The second kappa shape index (κ2) is 9.77. The summed E-state index contributed by atoms with van der Waals surface area (Å²) in [6.45, 7) is 4.62. The van der Waals surface area contributed by atoms with Crippen LogP contribution in [-0.2, 0) is 0 Å². The van der Waals surface area contributed by atoms with E-state index in [1.54, 1.807) is 0 Å². The van der Waals surface area contributed by atoms with E-state index in [1.807, 2.05) is 36.4 Å². The van der Waals surface area contributed by atoms with Crippen LogP contribution < -0.4 is 5.32 Å². The molecule has 1 saturated heterocycles. The Morgan fingerprint density at radius 3 is 2.06 bits per heavy atom. The van der Waals surface area contributed by atoms with E-state index < -0.39 is 0 Å². The van der Waals surface area contributed by atoms with Gasteiger partial charge in [-0.3, -0.25) is 19.4 Å². The number of benzene rings is 2. The van der Waals surface area contributed by atoms with E-state index in [9.17, 15) is 9.59 Å². The number of piperazine rings is 1. The zero-order chi connectivity index (χ0) is 22.8. The highest BCUT2D eigenvalue weighted by atomic mass is 32.1. The molecule has 174 valence electrons. The normalized spacial score (nSPS) is 20.2. The lowest BCUT2D eigenvalue weighted by Gasteiger charge is -2.38. The molecule has 2 heterocycles. The summed E-state index contributed by atoms with van der Waals surface area (Å²) >= 11 is 5.70. The molecule has 0 radical (unpaired) electrons. The van der Waals surface area contributed by atoms with Crippen molar-refractivity contribution in [2.24, 2.45) is 0 Å². The molecule has 2 aromatic rings. The van der Waals surface area contributed by atoms with Gasteiger partial charge in [0.1, 0.15) is 0 Å². The maximum atomic E-state index is 13.1. The lowest BCUT2D eigenvalue weighted by Crippen LogP contribution is -2.54. The summed E-state index contributed by atoms with van der Waals surface area (Å²) in [4.78, 5) is 32.2. The molecule has 0 unspecified atom stereocenters. The molecule has 2 aliphatic heterocycles. The first-order valence-electron chi connectivity index (χ1n) is 12.3. The molecule has 0 atom stereocenters. The Balaban J connectivity index is 1.15. The van der Waals surface area contributed by atoms with Crippen LogP contribution >= 0.6 is 12.2 Å². The third-order valence-electron chi connectivity index (χ3n) is 7.34. The zero-order valence-corrected chi connectivity index (χ0v) is 19.9. The Hall–Kier alpha value is -2.51. The van der Waals surface area contributed by atoms with Gasteiger partial charge in [-0.05, 0) is 42.6 Å². The molecular formula is C26H32N4O2S. The molecule has 0 aromatic heterocycles. The minimum Gasteiger partial charge on any atom is -0.360 e. The number of carbonyl (C=O) groups is 2. The average molecular weight is 465 g/mol. The van der Waals surface area contributed by atoms with Gasteiger partial charge in [-0.15, -0.1) is 0 Å². The molecule has 1 aliphatic carbocycles. The third-order valence-corrected chi connectivity index (χ3v) is 7.71. The molecule has 5 rings (SSSR count). The van der Waals surface area contributed by atoms with Gasteiger partial charge < -0.3 is 10.2 Å². The van der Waals surface area contributed by atoms with Crippen LogP contribution in [0.1, 0.15) is 59.2 Å². The standard InChI is InChI=1S/C26H32N4O2S/c31-24-21-11-5-7-19-8-6-12-22(23(19)21)25(32)30(24)18-15-28-13-16-29(17-14-28)26(33)27-20-9-3-1-2-4-10-20/h5-8,11-12,20H,1-4,9-10,13-18H2,(H,27,33). The van der Waals surface area contributed by atoms with E-state index in [1.165, 1.54) is 43.4 Å². The number of thiocarbonyl (C=S) groups is 1. The van der Waals surface area contributed by atoms with Crippen LogP contribution in [0.4, 0.5) is 0 Å². The molecule has 7 heteroatoms. The van der Waals surface area contributed by atoms with Crippen molar-refractivity contribution >= 4 is 39.9 Å². The molecule has 1 saturated carbocycles. The molecule has 0 bridgehead atoms. The molecule has 2 amide bonds. The molecule has 3 aliphatic rings. The van der Waals surface area contributed by atoms with Crippen molar-refractivity contribution in [1.82, 2.24) is 20.0 Å². The molecule has 1 N–H and O–H groups in total. The van der Waals surface area contributed by atoms with Crippen molar-refractivity contribution in [3.63, 3.8) is 0 Å². The van der Waals surface area contributed by atoms with E-state index in [-0.39, 0.29) is 11.8 Å². The Labute approximate surface area is 200 Å². The maximum absolute atomic E-state index is 13.1. The van der Waals surface area contributed by atoms with Crippen LogP contribution in [0.2, 0.25) is 0 Å². The van der Waals surface area contributed by atoms with Gasteiger partial charge in [0.25, 0.3) is 11.8 Å². The predicted molar refractivity (Wildman–Crippen MR) is 135 cm³/mol. The fraction of sp³-hybridized carbons (Fsp3) is 0.500. The second-order valence-electron chi connectivity index (χ2n) is 9.44. The number of imide groups is 1. The van der Waals surface area contributed by atoms with Gasteiger partial charge in [0, 0.05) is 61.8 Å². The summed E-state index contributed by atoms with van der Waals surface area (Å²) in [5.41, 5.74) is 1.25. The van der Waals surface area contributed by atoms with E-state index in [0.717, 1.165) is 42.1 Å². The minimum absolute atomic E-state index is 0.184. The molecule has 6 nitrogen and oxygen atoms in total. The highest BCUT2D eigenvalue weighted by molar-refractivity contribution is 7.80. The van der Waals surface area contributed by atoms with Gasteiger partial charge >= 0.3 is 0 Å². The van der Waals surface area contributed by atoms with E-state index in [0.29, 0.717) is 30.3 Å². The van der Waals surface area contributed by atoms with Crippen LogP contribution in [0.25, 0.3) is 10.8 Å². The molecule has 2 aromatic carbocycles. The zero-order valence-electron chi connectivity index (χ0n) is 19.1. The van der Waals surface area contributed by atoms with Gasteiger partial charge in [-0.2, -0.15) is 0 Å². The average Bonchev–Trinajstić information content (AvgIpc) is 3.11. The fourth-order valence-corrected chi connectivity index (χ4v) is 5.74. The largest absolute Gasteiger partial charge is 0.360 e. The van der Waals surface area contributed by atoms with Crippen molar-refractivity contribution in [1.29, 1.82) is 0 Å². The first-order valence-corrected chi connectivity index (χ1v) is 12.7. The summed E-state index contributed by atoms with van der Waals surface area (Å²) in [5.74, 6) is -0.367. The summed E-state index contributed by atoms with van der Waals surface area (Å²) in [6.07, 6.45) is 7.70. The van der Waals surface area contributed by atoms with Crippen LogP contribution in [0.15, 0.2) is 36.4 Å². The minimum atomic E-state index is -0.184. The smallest absolute Gasteiger partial charge is 0.261 e. The molecule has 33 heavy (non-hydrogen) atoms. The van der Waals surface area contributed by atoms with Gasteiger partial charge in [-0.25, -0.2) is 0 Å². The Morgan fingerprint density at radius 1 is 0.848 bits per heavy atom.